The van der Waals surface area contributed by atoms with Crippen LogP contribution in [0, 0.1) is 0 Å². The maximum atomic E-state index is 6.11. The third-order valence-corrected chi connectivity index (χ3v) is 3.21. The van der Waals surface area contributed by atoms with Gasteiger partial charge in [-0.2, -0.15) is 0 Å². The molecule has 0 bridgehead atoms. The zero-order chi connectivity index (χ0) is 12.7. The summed E-state index contributed by atoms with van der Waals surface area (Å²) in [6, 6.07) is 11.1. The minimum Gasteiger partial charge on any atom is -0.398 e. The highest BCUT2D eigenvalue weighted by atomic mass is 35.5. The summed E-state index contributed by atoms with van der Waals surface area (Å²) in [5.41, 5.74) is 8.16. The number of fused-ring (bicyclic) bond motifs is 1. The van der Waals surface area contributed by atoms with Crippen LogP contribution in [0.5, 0.6) is 0 Å². The molecule has 0 aliphatic rings. The van der Waals surface area contributed by atoms with Gasteiger partial charge in [-0.15, -0.1) is 0 Å². The second-order valence-corrected chi connectivity index (χ2v) is 4.75. The van der Waals surface area contributed by atoms with Crippen molar-refractivity contribution in [2.24, 2.45) is 0 Å². The summed E-state index contributed by atoms with van der Waals surface area (Å²) in [6.07, 6.45) is 1.80. The Morgan fingerprint density at radius 1 is 1.11 bits per heavy atom. The number of nitrogens with zero attached hydrogens (tertiary/aromatic N) is 2. The van der Waals surface area contributed by atoms with Crippen LogP contribution >= 0.6 is 23.2 Å². The topological polar surface area (TPSA) is 43.3 Å². The minimum absolute atomic E-state index is 0.449. The van der Waals surface area contributed by atoms with Crippen molar-refractivity contribution in [2.45, 2.75) is 0 Å². The van der Waals surface area contributed by atoms with Crippen LogP contribution < -0.4 is 5.73 Å². The van der Waals surface area contributed by atoms with Gasteiger partial charge in [-0.25, -0.2) is 4.98 Å². The SMILES string of the molecule is Nc1ccc2c(Cl)nc(-c3cccc(Cl)c3)n2c1. The predicted molar refractivity (Wildman–Crippen MR) is 75.1 cm³/mol. The summed E-state index contributed by atoms with van der Waals surface area (Å²) in [5, 5.41) is 1.11. The fraction of sp³-hybridized carbons (Fsp3) is 0. The Morgan fingerprint density at radius 2 is 1.94 bits per heavy atom. The fourth-order valence-corrected chi connectivity index (χ4v) is 2.32. The number of nitrogens with two attached hydrogens (primary N) is 1. The average molecular weight is 278 g/mol. The zero-order valence-electron chi connectivity index (χ0n) is 9.27. The standard InChI is InChI=1S/C13H9Cl2N3/c14-9-3-1-2-8(6-9)13-17-12(15)11-5-4-10(16)7-18(11)13/h1-7H,16H2. The highest BCUT2D eigenvalue weighted by Crippen LogP contribution is 2.28. The number of hydrogen-bond acceptors (Lipinski definition) is 2. The van der Waals surface area contributed by atoms with Crippen molar-refractivity contribution in [3.8, 4) is 11.4 Å². The lowest BCUT2D eigenvalue weighted by molar-refractivity contribution is 1.17. The molecule has 3 aromatic rings. The van der Waals surface area contributed by atoms with Crippen LogP contribution in [0.2, 0.25) is 10.2 Å². The van der Waals surface area contributed by atoms with E-state index in [0.29, 0.717) is 15.9 Å². The molecule has 0 aliphatic heterocycles. The first-order valence-electron chi connectivity index (χ1n) is 5.34. The lowest BCUT2D eigenvalue weighted by Crippen LogP contribution is -1.92. The largest absolute Gasteiger partial charge is 0.398 e. The third-order valence-electron chi connectivity index (χ3n) is 2.70. The summed E-state index contributed by atoms with van der Waals surface area (Å²) in [6.45, 7) is 0. The smallest absolute Gasteiger partial charge is 0.155 e. The molecular formula is C13H9Cl2N3. The molecule has 0 spiro atoms. The van der Waals surface area contributed by atoms with Crippen LogP contribution in [0.3, 0.4) is 0 Å². The van der Waals surface area contributed by atoms with Gasteiger partial charge in [0.1, 0.15) is 5.82 Å². The maximum absolute atomic E-state index is 6.11. The molecule has 0 unspecified atom stereocenters. The first-order valence-corrected chi connectivity index (χ1v) is 6.10. The van der Waals surface area contributed by atoms with Gasteiger partial charge in [0.05, 0.1) is 5.52 Å². The lowest BCUT2D eigenvalue weighted by atomic mass is 10.2. The number of halogens is 2. The van der Waals surface area contributed by atoms with Crippen LogP contribution in [-0.2, 0) is 0 Å². The third kappa shape index (κ3) is 1.82. The van der Waals surface area contributed by atoms with Crippen LogP contribution in [0.1, 0.15) is 0 Å². The Morgan fingerprint density at radius 3 is 2.72 bits per heavy atom. The first-order chi connectivity index (χ1) is 8.65. The molecule has 5 heteroatoms. The molecule has 2 heterocycles. The predicted octanol–water partition coefficient (Wildman–Crippen LogP) is 3.89. The average Bonchev–Trinajstić information content (AvgIpc) is 2.66. The van der Waals surface area contributed by atoms with Gasteiger partial charge in [-0.1, -0.05) is 35.3 Å². The van der Waals surface area contributed by atoms with Crippen LogP contribution in [0.15, 0.2) is 42.6 Å². The molecular weight excluding hydrogens is 269 g/mol. The van der Waals surface area contributed by atoms with Crippen LogP contribution in [0.25, 0.3) is 16.9 Å². The number of pyridine rings is 1. The van der Waals surface area contributed by atoms with Gasteiger partial charge in [0.15, 0.2) is 5.15 Å². The second-order valence-electron chi connectivity index (χ2n) is 3.95. The van der Waals surface area contributed by atoms with E-state index in [9.17, 15) is 0 Å². The van der Waals surface area contributed by atoms with Crippen LogP contribution in [0.4, 0.5) is 5.69 Å². The van der Waals surface area contributed by atoms with Gasteiger partial charge in [0.25, 0.3) is 0 Å². The monoisotopic (exact) mass is 277 g/mol. The molecule has 2 aromatic heterocycles. The number of hydrogen-bond donors (Lipinski definition) is 1. The molecule has 0 aliphatic carbocycles. The summed E-state index contributed by atoms with van der Waals surface area (Å²) < 4.78 is 1.86. The number of benzene rings is 1. The zero-order valence-corrected chi connectivity index (χ0v) is 10.8. The van der Waals surface area contributed by atoms with E-state index in [4.69, 9.17) is 28.9 Å². The van der Waals surface area contributed by atoms with Crippen molar-refractivity contribution in [3.63, 3.8) is 0 Å². The molecule has 0 saturated heterocycles. The molecule has 3 nitrogen and oxygen atoms in total. The van der Waals surface area contributed by atoms with E-state index in [1.165, 1.54) is 0 Å². The molecule has 90 valence electrons. The molecule has 0 fully saturated rings. The van der Waals surface area contributed by atoms with Gasteiger partial charge in [-0.3, -0.25) is 4.40 Å². The number of anilines is 1. The molecule has 0 saturated carbocycles. The van der Waals surface area contributed by atoms with Gasteiger partial charge >= 0.3 is 0 Å². The van der Waals surface area contributed by atoms with Gasteiger partial charge < -0.3 is 5.73 Å². The summed E-state index contributed by atoms with van der Waals surface area (Å²) in [5.74, 6) is 0.727. The first kappa shape index (κ1) is 11.4. The highest BCUT2D eigenvalue weighted by Gasteiger charge is 2.11. The van der Waals surface area contributed by atoms with Gasteiger partial charge in [0, 0.05) is 22.5 Å². The van der Waals surface area contributed by atoms with E-state index in [-0.39, 0.29) is 0 Å². The Balaban J connectivity index is 2.32. The van der Waals surface area contributed by atoms with E-state index >= 15 is 0 Å². The Bertz CT molecular complexity index is 734. The van der Waals surface area contributed by atoms with E-state index in [1.807, 2.05) is 34.7 Å². The minimum atomic E-state index is 0.449. The van der Waals surface area contributed by atoms with Gasteiger partial charge in [0.2, 0.25) is 0 Å². The molecule has 1 aromatic carbocycles. The fourth-order valence-electron chi connectivity index (χ4n) is 1.90. The highest BCUT2D eigenvalue weighted by molar-refractivity contribution is 6.33. The normalized spacial score (nSPS) is 11.0. The Hall–Kier alpha value is -1.71. The number of imidazole rings is 1. The van der Waals surface area contributed by atoms with E-state index in [0.717, 1.165) is 16.9 Å². The summed E-state index contributed by atoms with van der Waals surface area (Å²) in [4.78, 5) is 4.36. The van der Waals surface area contributed by atoms with E-state index < -0.39 is 0 Å². The van der Waals surface area contributed by atoms with Gasteiger partial charge in [-0.05, 0) is 24.3 Å². The summed E-state index contributed by atoms with van der Waals surface area (Å²) in [7, 11) is 0. The summed E-state index contributed by atoms with van der Waals surface area (Å²) >= 11 is 12.1. The molecule has 0 atom stereocenters. The maximum Gasteiger partial charge on any atom is 0.155 e. The Kier molecular flexibility index (Phi) is 2.65. The van der Waals surface area contributed by atoms with Crippen molar-refractivity contribution in [1.82, 2.24) is 9.38 Å². The van der Waals surface area contributed by atoms with Crippen LogP contribution in [-0.4, -0.2) is 9.38 Å². The number of aromatic nitrogens is 2. The Labute approximate surface area is 114 Å². The second kappa shape index (κ2) is 4.19. The van der Waals surface area contributed by atoms with Crippen molar-refractivity contribution >= 4 is 34.4 Å². The van der Waals surface area contributed by atoms with Crippen molar-refractivity contribution < 1.29 is 0 Å². The molecule has 2 N–H and O–H groups in total. The van der Waals surface area contributed by atoms with Crippen molar-refractivity contribution in [3.05, 3.63) is 52.8 Å². The van der Waals surface area contributed by atoms with E-state index in [1.54, 1.807) is 12.3 Å². The molecule has 0 radical (unpaired) electrons. The van der Waals surface area contributed by atoms with Crippen molar-refractivity contribution in [2.75, 3.05) is 5.73 Å². The molecule has 18 heavy (non-hydrogen) atoms. The number of rotatable bonds is 1. The van der Waals surface area contributed by atoms with Crippen molar-refractivity contribution in [1.29, 1.82) is 0 Å². The molecule has 3 rings (SSSR count). The molecule has 0 amide bonds. The number of nitrogen functional groups attached to an aromatic ring is 1. The lowest BCUT2D eigenvalue weighted by Gasteiger charge is -2.02. The van der Waals surface area contributed by atoms with E-state index in [2.05, 4.69) is 4.98 Å². The quantitative estimate of drug-likeness (QED) is 0.733.